The number of rotatable bonds is 10. The lowest BCUT2D eigenvalue weighted by molar-refractivity contribution is -0.129. The Bertz CT molecular complexity index is 705. The second-order valence-electron chi connectivity index (χ2n) is 6.76. The fraction of sp³-hybridized carbons (Fsp3) is 0.364. The smallest absolute Gasteiger partial charge is 0.242 e. The average molecular weight is 385 g/mol. The summed E-state index contributed by atoms with van der Waals surface area (Å²) in [6, 6.07) is 19.3. The molecule has 0 heterocycles. The van der Waals surface area contributed by atoms with E-state index in [1.54, 1.807) is 11.8 Å². The predicted octanol–water partition coefficient (Wildman–Crippen LogP) is 3.67. The Hall–Kier alpha value is -2.27. The van der Waals surface area contributed by atoms with Crippen LogP contribution in [0.4, 0.5) is 0 Å². The fourth-order valence-electron chi connectivity index (χ4n) is 2.64. The van der Waals surface area contributed by atoms with E-state index in [1.807, 2.05) is 62.4 Å². The first kappa shape index (κ1) is 21.0. The summed E-state index contributed by atoms with van der Waals surface area (Å²) < 4.78 is 0. The number of benzene rings is 2. The highest BCUT2D eigenvalue weighted by Gasteiger charge is 2.23. The maximum Gasteiger partial charge on any atom is 0.242 e. The Balaban J connectivity index is 1.72. The van der Waals surface area contributed by atoms with Gasteiger partial charge in [0.05, 0.1) is 6.42 Å². The largest absolute Gasteiger partial charge is 0.354 e. The molecule has 27 heavy (non-hydrogen) atoms. The van der Waals surface area contributed by atoms with Crippen molar-refractivity contribution in [3.63, 3.8) is 0 Å². The first-order valence-electron chi connectivity index (χ1n) is 9.35. The Kier molecular flexibility index (Phi) is 8.92. The van der Waals surface area contributed by atoms with Gasteiger partial charge in [0.25, 0.3) is 0 Å². The lowest BCUT2D eigenvalue weighted by Gasteiger charge is -2.21. The van der Waals surface area contributed by atoms with Crippen molar-refractivity contribution in [2.24, 2.45) is 5.92 Å². The van der Waals surface area contributed by atoms with Crippen LogP contribution in [0.1, 0.15) is 25.8 Å². The van der Waals surface area contributed by atoms with E-state index < -0.39 is 6.04 Å². The fourth-order valence-corrected chi connectivity index (χ4v) is 3.52. The van der Waals surface area contributed by atoms with Crippen LogP contribution in [-0.4, -0.2) is 30.2 Å². The molecule has 0 fully saturated rings. The Morgan fingerprint density at radius 2 is 1.59 bits per heavy atom. The van der Waals surface area contributed by atoms with Gasteiger partial charge in [0.2, 0.25) is 11.8 Å². The molecule has 2 amide bonds. The minimum absolute atomic E-state index is 0.0309. The van der Waals surface area contributed by atoms with Gasteiger partial charge in [-0.25, -0.2) is 0 Å². The van der Waals surface area contributed by atoms with Crippen LogP contribution in [-0.2, 0) is 16.0 Å². The molecule has 144 valence electrons. The lowest BCUT2D eigenvalue weighted by atomic mass is 10.0. The molecule has 1 unspecified atom stereocenters. The molecule has 0 radical (unpaired) electrons. The molecule has 2 N–H and O–H groups in total. The van der Waals surface area contributed by atoms with E-state index in [2.05, 4.69) is 22.8 Å². The molecule has 2 aromatic rings. The van der Waals surface area contributed by atoms with E-state index in [0.717, 1.165) is 17.7 Å². The van der Waals surface area contributed by atoms with Gasteiger partial charge in [-0.1, -0.05) is 62.4 Å². The van der Waals surface area contributed by atoms with Crippen molar-refractivity contribution in [3.05, 3.63) is 66.2 Å². The van der Waals surface area contributed by atoms with Crippen molar-refractivity contribution in [3.8, 4) is 0 Å². The van der Waals surface area contributed by atoms with Crippen molar-refractivity contribution >= 4 is 23.6 Å². The number of thioether (sulfide) groups is 1. The number of carbonyl (C=O) groups excluding carboxylic acids is 2. The summed E-state index contributed by atoms with van der Waals surface area (Å²) in [5.41, 5.74) is 0.941. The summed E-state index contributed by atoms with van der Waals surface area (Å²) in [7, 11) is 0. The van der Waals surface area contributed by atoms with Crippen LogP contribution >= 0.6 is 11.8 Å². The minimum Gasteiger partial charge on any atom is -0.354 e. The van der Waals surface area contributed by atoms with E-state index >= 15 is 0 Å². The monoisotopic (exact) mass is 384 g/mol. The Morgan fingerprint density at radius 1 is 0.963 bits per heavy atom. The van der Waals surface area contributed by atoms with Crippen LogP contribution in [0.15, 0.2) is 65.6 Å². The molecular weight excluding hydrogens is 356 g/mol. The first-order chi connectivity index (χ1) is 13.1. The van der Waals surface area contributed by atoms with Gasteiger partial charge < -0.3 is 10.6 Å². The van der Waals surface area contributed by atoms with Crippen LogP contribution in [0.3, 0.4) is 0 Å². The number of carbonyl (C=O) groups is 2. The summed E-state index contributed by atoms with van der Waals surface area (Å²) >= 11 is 1.78. The average Bonchev–Trinajstić information content (AvgIpc) is 2.67. The molecule has 0 spiro atoms. The number of hydrogen-bond donors (Lipinski definition) is 2. The van der Waals surface area contributed by atoms with Crippen LogP contribution in [0.2, 0.25) is 0 Å². The van der Waals surface area contributed by atoms with Gasteiger partial charge in [0.15, 0.2) is 0 Å². The van der Waals surface area contributed by atoms with Gasteiger partial charge >= 0.3 is 0 Å². The maximum atomic E-state index is 12.5. The quantitative estimate of drug-likeness (QED) is 0.485. The van der Waals surface area contributed by atoms with Crippen LogP contribution in [0.5, 0.6) is 0 Å². The van der Waals surface area contributed by atoms with Crippen molar-refractivity contribution in [2.45, 2.75) is 37.6 Å². The molecule has 4 nitrogen and oxygen atoms in total. The molecule has 0 aliphatic rings. The summed E-state index contributed by atoms with van der Waals surface area (Å²) in [5, 5.41) is 5.83. The van der Waals surface area contributed by atoms with E-state index in [0.29, 0.717) is 6.54 Å². The topological polar surface area (TPSA) is 58.2 Å². The highest BCUT2D eigenvalue weighted by Crippen LogP contribution is 2.17. The standard InChI is InChI=1S/C22H28N2O2S/c1-17(2)21(24-20(25)16-18-10-5-3-6-11-18)22(26)23-14-9-15-27-19-12-7-4-8-13-19/h3-8,10-13,17,21H,9,14-16H2,1-2H3,(H,23,26)(H,24,25). The van der Waals surface area contributed by atoms with E-state index in [-0.39, 0.29) is 24.2 Å². The van der Waals surface area contributed by atoms with E-state index in [1.165, 1.54) is 4.90 Å². The third-order valence-electron chi connectivity index (χ3n) is 4.11. The summed E-state index contributed by atoms with van der Waals surface area (Å²) in [5.74, 6) is 0.728. The summed E-state index contributed by atoms with van der Waals surface area (Å²) in [6.07, 6.45) is 1.17. The molecule has 0 aliphatic heterocycles. The van der Waals surface area contributed by atoms with Gasteiger partial charge in [-0.2, -0.15) is 0 Å². The van der Waals surface area contributed by atoms with Crippen LogP contribution in [0, 0.1) is 5.92 Å². The third kappa shape index (κ3) is 7.87. The summed E-state index contributed by atoms with van der Waals surface area (Å²) in [6.45, 7) is 4.49. The summed E-state index contributed by atoms with van der Waals surface area (Å²) in [4.78, 5) is 26.0. The van der Waals surface area contributed by atoms with Crippen molar-refractivity contribution in [1.82, 2.24) is 10.6 Å². The second-order valence-corrected chi connectivity index (χ2v) is 7.93. The molecule has 2 rings (SSSR count). The molecule has 0 saturated heterocycles. The van der Waals surface area contributed by atoms with Gasteiger partial charge in [0.1, 0.15) is 6.04 Å². The highest BCUT2D eigenvalue weighted by atomic mass is 32.2. The highest BCUT2D eigenvalue weighted by molar-refractivity contribution is 7.99. The van der Waals surface area contributed by atoms with Crippen LogP contribution in [0.25, 0.3) is 0 Å². The number of hydrogen-bond acceptors (Lipinski definition) is 3. The number of amides is 2. The molecule has 1 atom stereocenters. The molecule has 0 aliphatic carbocycles. The van der Waals surface area contributed by atoms with Gasteiger partial charge in [0, 0.05) is 11.4 Å². The molecule has 0 bridgehead atoms. The van der Waals surface area contributed by atoms with Gasteiger partial charge in [-0.05, 0) is 35.8 Å². The van der Waals surface area contributed by atoms with E-state index in [4.69, 9.17) is 0 Å². The predicted molar refractivity (Wildman–Crippen MR) is 112 cm³/mol. The van der Waals surface area contributed by atoms with Crippen molar-refractivity contribution in [2.75, 3.05) is 12.3 Å². The third-order valence-corrected chi connectivity index (χ3v) is 5.20. The molecule has 0 aromatic heterocycles. The lowest BCUT2D eigenvalue weighted by Crippen LogP contribution is -2.50. The minimum atomic E-state index is -0.511. The normalized spacial score (nSPS) is 11.8. The van der Waals surface area contributed by atoms with E-state index in [9.17, 15) is 9.59 Å². The zero-order valence-electron chi connectivity index (χ0n) is 16.0. The zero-order chi connectivity index (χ0) is 19.5. The zero-order valence-corrected chi connectivity index (χ0v) is 16.8. The SMILES string of the molecule is CC(C)C(NC(=O)Cc1ccccc1)C(=O)NCCCSc1ccccc1. The maximum absolute atomic E-state index is 12.5. The van der Waals surface area contributed by atoms with Crippen LogP contribution < -0.4 is 10.6 Å². The van der Waals surface area contributed by atoms with Crippen molar-refractivity contribution < 1.29 is 9.59 Å². The second kappa shape index (κ2) is 11.4. The first-order valence-corrected chi connectivity index (χ1v) is 10.3. The molecule has 2 aromatic carbocycles. The molecule has 5 heteroatoms. The molecular formula is C22H28N2O2S. The number of nitrogens with one attached hydrogen (secondary N) is 2. The van der Waals surface area contributed by atoms with Crippen molar-refractivity contribution in [1.29, 1.82) is 0 Å². The Morgan fingerprint density at radius 3 is 2.22 bits per heavy atom. The Labute approximate surface area is 166 Å². The molecule has 0 saturated carbocycles. The van der Waals surface area contributed by atoms with Gasteiger partial charge in [-0.15, -0.1) is 11.8 Å². The van der Waals surface area contributed by atoms with Gasteiger partial charge in [-0.3, -0.25) is 9.59 Å².